The molecule has 1 aromatic carbocycles. The number of rotatable bonds is 11. The van der Waals surface area contributed by atoms with Crippen LogP contribution in [0.4, 0.5) is 0 Å². The summed E-state index contributed by atoms with van der Waals surface area (Å²) in [6.45, 7) is 1.74. The van der Waals surface area contributed by atoms with Gasteiger partial charge in [0.25, 0.3) is 0 Å². The number of hydrogen-bond donors (Lipinski definition) is 4. The monoisotopic (exact) mass is 359 g/mol. The number of phosphoric ester groups is 1. The quantitative estimate of drug-likeness (QED) is 0.356. The summed E-state index contributed by atoms with van der Waals surface area (Å²) in [7, 11) is -4.64. The summed E-state index contributed by atoms with van der Waals surface area (Å²) < 4.78 is 15.4. The summed E-state index contributed by atoms with van der Waals surface area (Å²) in [6.07, 6.45) is 5.43. The Bertz CT molecular complexity index is 559. The van der Waals surface area contributed by atoms with Gasteiger partial charge in [0.05, 0.1) is 12.6 Å². The standard InChI is InChI=1S/C16H26NO6P/c1-2-3-4-5-6-10-16(19)17-15(12-23-24(20,21)22)13-8-7-9-14(18)11-13/h7-9,11,15,18H,2-6,10,12H2,1H3,(H,17,19)(H2,20,21,22)/t15-/m0/s1. The molecule has 0 saturated carbocycles. The van der Waals surface area contributed by atoms with Crippen LogP contribution in [0.1, 0.15) is 57.1 Å². The van der Waals surface area contributed by atoms with E-state index >= 15 is 0 Å². The van der Waals surface area contributed by atoms with E-state index in [2.05, 4.69) is 16.8 Å². The highest BCUT2D eigenvalue weighted by molar-refractivity contribution is 7.46. The molecule has 0 aliphatic carbocycles. The molecule has 0 aromatic heterocycles. The van der Waals surface area contributed by atoms with Crippen molar-refractivity contribution in [2.45, 2.75) is 51.5 Å². The number of amides is 1. The molecule has 0 aliphatic rings. The Morgan fingerprint density at radius 3 is 2.58 bits per heavy atom. The van der Waals surface area contributed by atoms with E-state index in [0.29, 0.717) is 12.0 Å². The lowest BCUT2D eigenvalue weighted by atomic mass is 10.1. The highest BCUT2D eigenvalue weighted by atomic mass is 31.2. The number of phenols is 1. The minimum Gasteiger partial charge on any atom is -0.508 e. The molecule has 0 unspecified atom stereocenters. The fraction of sp³-hybridized carbons (Fsp3) is 0.562. The second-order valence-electron chi connectivity index (χ2n) is 5.67. The number of phenolic OH excluding ortho intramolecular Hbond substituents is 1. The van der Waals surface area contributed by atoms with Crippen molar-refractivity contribution in [3.8, 4) is 5.75 Å². The average Bonchev–Trinajstić information content (AvgIpc) is 2.50. The van der Waals surface area contributed by atoms with Gasteiger partial charge in [0.2, 0.25) is 5.91 Å². The lowest BCUT2D eigenvalue weighted by molar-refractivity contribution is -0.122. The molecular formula is C16H26NO6P. The van der Waals surface area contributed by atoms with E-state index in [9.17, 15) is 14.5 Å². The maximum absolute atomic E-state index is 12.0. The van der Waals surface area contributed by atoms with E-state index in [-0.39, 0.29) is 18.3 Å². The van der Waals surface area contributed by atoms with Crippen molar-refractivity contribution in [1.82, 2.24) is 5.32 Å². The van der Waals surface area contributed by atoms with Crippen LogP contribution < -0.4 is 5.32 Å². The fourth-order valence-corrected chi connectivity index (χ4v) is 2.63. The molecule has 7 nitrogen and oxygen atoms in total. The maximum Gasteiger partial charge on any atom is 0.469 e. The van der Waals surface area contributed by atoms with E-state index in [4.69, 9.17) is 9.79 Å². The van der Waals surface area contributed by atoms with Gasteiger partial charge >= 0.3 is 7.82 Å². The molecule has 1 amide bonds. The van der Waals surface area contributed by atoms with Crippen LogP contribution >= 0.6 is 7.82 Å². The summed E-state index contributed by atoms with van der Waals surface area (Å²) in [5.41, 5.74) is 0.516. The van der Waals surface area contributed by atoms with Crippen LogP contribution in [-0.4, -0.2) is 27.4 Å². The Morgan fingerprint density at radius 2 is 1.96 bits per heavy atom. The van der Waals surface area contributed by atoms with Crippen molar-refractivity contribution in [2.75, 3.05) is 6.61 Å². The lowest BCUT2D eigenvalue weighted by Crippen LogP contribution is -2.31. The van der Waals surface area contributed by atoms with Gasteiger partial charge in [-0.2, -0.15) is 0 Å². The molecule has 0 bridgehead atoms. The van der Waals surface area contributed by atoms with Crippen molar-refractivity contribution in [2.24, 2.45) is 0 Å². The highest BCUT2D eigenvalue weighted by Gasteiger charge is 2.21. The van der Waals surface area contributed by atoms with Gasteiger partial charge in [-0.3, -0.25) is 9.32 Å². The number of aromatic hydroxyl groups is 1. The van der Waals surface area contributed by atoms with Crippen molar-refractivity contribution < 1.29 is 28.8 Å². The number of carbonyl (C=O) groups is 1. The smallest absolute Gasteiger partial charge is 0.469 e. The summed E-state index contributed by atoms with van der Waals surface area (Å²) in [5.74, 6) is -0.211. The molecule has 0 spiro atoms. The molecule has 0 heterocycles. The van der Waals surface area contributed by atoms with Crippen molar-refractivity contribution in [3.63, 3.8) is 0 Å². The largest absolute Gasteiger partial charge is 0.508 e. The fourth-order valence-electron chi connectivity index (χ4n) is 2.29. The summed E-state index contributed by atoms with van der Waals surface area (Å²) >= 11 is 0. The zero-order valence-electron chi connectivity index (χ0n) is 13.9. The first kappa shape index (κ1) is 20.6. The Kier molecular flexibility index (Phi) is 9.00. The van der Waals surface area contributed by atoms with Gasteiger partial charge in [0, 0.05) is 6.42 Å². The predicted octanol–water partition coefficient (Wildman–Crippen LogP) is 3.02. The first-order valence-corrected chi connectivity index (χ1v) is 9.63. The number of benzene rings is 1. The van der Waals surface area contributed by atoms with Gasteiger partial charge in [0.1, 0.15) is 5.75 Å². The highest BCUT2D eigenvalue weighted by Crippen LogP contribution is 2.37. The molecule has 136 valence electrons. The average molecular weight is 359 g/mol. The zero-order valence-corrected chi connectivity index (χ0v) is 14.7. The summed E-state index contributed by atoms with van der Waals surface area (Å²) in [6, 6.07) is 5.39. The van der Waals surface area contributed by atoms with E-state index in [0.717, 1.165) is 32.1 Å². The van der Waals surface area contributed by atoms with Crippen molar-refractivity contribution in [1.29, 1.82) is 0 Å². The van der Waals surface area contributed by atoms with Crippen molar-refractivity contribution >= 4 is 13.7 Å². The Labute approximate surface area is 142 Å². The van der Waals surface area contributed by atoms with E-state index in [1.807, 2.05) is 0 Å². The number of phosphoric acid groups is 1. The molecule has 1 rings (SSSR count). The predicted molar refractivity (Wildman–Crippen MR) is 90.4 cm³/mol. The topological polar surface area (TPSA) is 116 Å². The summed E-state index contributed by atoms with van der Waals surface area (Å²) in [5, 5.41) is 12.2. The van der Waals surface area contributed by atoms with Crippen LogP contribution in [0.2, 0.25) is 0 Å². The number of nitrogens with one attached hydrogen (secondary N) is 1. The minimum absolute atomic E-state index is 0.00231. The normalized spacial score (nSPS) is 12.8. The van der Waals surface area contributed by atoms with E-state index in [1.165, 1.54) is 12.1 Å². The second-order valence-corrected chi connectivity index (χ2v) is 6.90. The number of carbonyl (C=O) groups excluding carboxylic acids is 1. The summed E-state index contributed by atoms with van der Waals surface area (Å²) in [4.78, 5) is 29.8. The van der Waals surface area contributed by atoms with Crippen molar-refractivity contribution in [3.05, 3.63) is 29.8 Å². The molecule has 0 fully saturated rings. The molecule has 4 N–H and O–H groups in total. The third kappa shape index (κ3) is 9.03. The Hall–Kier alpha value is -1.40. The molecular weight excluding hydrogens is 333 g/mol. The first-order valence-electron chi connectivity index (χ1n) is 8.10. The maximum atomic E-state index is 12.0. The number of unbranched alkanes of at least 4 members (excludes halogenated alkanes) is 4. The molecule has 0 aliphatic heterocycles. The van der Waals surface area contributed by atoms with Gasteiger partial charge in [-0.1, -0.05) is 44.7 Å². The Balaban J connectivity index is 2.61. The van der Waals surface area contributed by atoms with E-state index < -0.39 is 13.9 Å². The lowest BCUT2D eigenvalue weighted by Gasteiger charge is -2.20. The molecule has 1 atom stereocenters. The molecule has 1 aromatic rings. The number of hydrogen-bond acceptors (Lipinski definition) is 4. The van der Waals surface area contributed by atoms with Gasteiger partial charge in [-0.15, -0.1) is 0 Å². The molecule has 8 heteroatoms. The minimum atomic E-state index is -4.64. The van der Waals surface area contributed by atoms with Gasteiger partial charge in [0.15, 0.2) is 0 Å². The molecule has 24 heavy (non-hydrogen) atoms. The van der Waals surface area contributed by atoms with Gasteiger partial charge < -0.3 is 20.2 Å². The molecule has 0 saturated heterocycles. The van der Waals surface area contributed by atoms with Crippen LogP contribution in [0.25, 0.3) is 0 Å². The third-order valence-electron chi connectivity index (χ3n) is 3.52. The van der Waals surface area contributed by atoms with Crippen LogP contribution in [0.3, 0.4) is 0 Å². The van der Waals surface area contributed by atoms with Crippen LogP contribution in [-0.2, 0) is 13.9 Å². The van der Waals surface area contributed by atoms with Crippen LogP contribution in [0.5, 0.6) is 5.75 Å². The van der Waals surface area contributed by atoms with Crippen LogP contribution in [0, 0.1) is 0 Å². The third-order valence-corrected chi connectivity index (χ3v) is 4.01. The van der Waals surface area contributed by atoms with Gasteiger partial charge in [-0.05, 0) is 24.1 Å². The first-order chi connectivity index (χ1) is 11.3. The van der Waals surface area contributed by atoms with Gasteiger partial charge in [-0.25, -0.2) is 4.57 Å². The zero-order chi connectivity index (χ0) is 18.0. The van der Waals surface area contributed by atoms with E-state index in [1.54, 1.807) is 12.1 Å². The SMILES string of the molecule is CCCCCCCC(=O)N[C@@H](COP(=O)(O)O)c1cccc(O)c1. The van der Waals surface area contributed by atoms with Crippen LogP contribution in [0.15, 0.2) is 24.3 Å². The Morgan fingerprint density at radius 1 is 1.25 bits per heavy atom. The second kappa shape index (κ2) is 10.5. The molecule has 0 radical (unpaired) electrons.